The second kappa shape index (κ2) is 7.16. The Bertz CT molecular complexity index is 496. The van der Waals surface area contributed by atoms with E-state index in [4.69, 9.17) is 5.11 Å². The van der Waals surface area contributed by atoms with Gasteiger partial charge in [0, 0.05) is 0 Å². The van der Waals surface area contributed by atoms with E-state index in [9.17, 15) is 19.2 Å². The Kier molecular flexibility index (Phi) is 5.77. The fourth-order valence-corrected chi connectivity index (χ4v) is 1.71. The second-order valence-electron chi connectivity index (χ2n) is 5.19. The molecule has 2 fully saturated rings. The van der Waals surface area contributed by atoms with E-state index in [0.29, 0.717) is 25.7 Å². The minimum Gasteiger partial charge on any atom is -0.480 e. The van der Waals surface area contributed by atoms with E-state index in [2.05, 4.69) is 24.8 Å². The SMILES string of the molecule is COC(=O)NC1(C(=O)O)CC1.COC(=O)NC1(C(=O)OC)CC1. The van der Waals surface area contributed by atoms with Crippen molar-refractivity contribution in [2.75, 3.05) is 21.3 Å². The van der Waals surface area contributed by atoms with E-state index < -0.39 is 35.2 Å². The van der Waals surface area contributed by atoms with Crippen LogP contribution in [0.25, 0.3) is 0 Å². The van der Waals surface area contributed by atoms with Crippen molar-refractivity contribution < 1.29 is 38.5 Å². The van der Waals surface area contributed by atoms with Crippen LogP contribution < -0.4 is 10.6 Å². The molecule has 0 spiro atoms. The summed E-state index contributed by atoms with van der Waals surface area (Å²) in [6.07, 6.45) is 0.918. The molecule has 0 aromatic carbocycles. The van der Waals surface area contributed by atoms with Crippen molar-refractivity contribution in [1.29, 1.82) is 0 Å². The fourth-order valence-electron chi connectivity index (χ4n) is 1.71. The molecule has 0 radical (unpaired) electrons. The molecule has 2 aliphatic carbocycles. The van der Waals surface area contributed by atoms with Crippen LogP contribution in [-0.2, 0) is 23.8 Å². The van der Waals surface area contributed by atoms with Gasteiger partial charge in [0.15, 0.2) is 0 Å². The summed E-state index contributed by atoms with van der Waals surface area (Å²) in [6.45, 7) is 0. The minimum absolute atomic E-state index is 0.409. The summed E-state index contributed by atoms with van der Waals surface area (Å²) in [4.78, 5) is 42.8. The first-order chi connectivity index (χ1) is 10.7. The van der Waals surface area contributed by atoms with Crippen LogP contribution >= 0.6 is 0 Å². The quantitative estimate of drug-likeness (QED) is 0.483. The number of nitrogens with one attached hydrogen (secondary N) is 2. The third kappa shape index (κ3) is 4.73. The van der Waals surface area contributed by atoms with Crippen LogP contribution in [0.2, 0.25) is 0 Å². The van der Waals surface area contributed by atoms with Gasteiger partial charge in [-0.2, -0.15) is 0 Å². The average Bonchev–Trinajstić information content (AvgIpc) is 3.44. The molecule has 0 atom stereocenters. The summed E-state index contributed by atoms with van der Waals surface area (Å²) in [7, 11) is 3.75. The number of ether oxygens (including phenoxy) is 3. The first kappa shape index (κ1) is 18.5. The third-order valence-electron chi connectivity index (χ3n) is 3.54. The van der Waals surface area contributed by atoms with Crippen molar-refractivity contribution in [2.45, 2.75) is 36.8 Å². The number of carboxylic acids is 1. The van der Waals surface area contributed by atoms with Crippen LogP contribution in [0.5, 0.6) is 0 Å². The molecule has 2 saturated carbocycles. The van der Waals surface area contributed by atoms with Gasteiger partial charge in [-0.1, -0.05) is 0 Å². The lowest BCUT2D eigenvalue weighted by Gasteiger charge is -2.12. The molecule has 0 unspecified atom stereocenters. The van der Waals surface area contributed by atoms with Gasteiger partial charge in [-0.25, -0.2) is 19.2 Å². The number of carbonyl (C=O) groups is 4. The monoisotopic (exact) mass is 332 g/mol. The van der Waals surface area contributed by atoms with Crippen molar-refractivity contribution in [2.24, 2.45) is 0 Å². The molecule has 0 aromatic heterocycles. The molecule has 0 heterocycles. The highest BCUT2D eigenvalue weighted by molar-refractivity contribution is 5.88. The number of hydrogen-bond donors (Lipinski definition) is 3. The van der Waals surface area contributed by atoms with Gasteiger partial charge < -0.3 is 30.0 Å². The number of alkyl carbamates (subject to hydrolysis) is 2. The predicted octanol–water partition coefficient (Wildman–Crippen LogP) is 0.00760. The van der Waals surface area contributed by atoms with Crippen LogP contribution in [0.4, 0.5) is 9.59 Å². The van der Waals surface area contributed by atoms with Crippen LogP contribution in [0.15, 0.2) is 0 Å². The smallest absolute Gasteiger partial charge is 0.407 e. The second-order valence-corrected chi connectivity index (χ2v) is 5.19. The highest BCUT2D eigenvalue weighted by atomic mass is 16.5. The van der Waals surface area contributed by atoms with Crippen LogP contribution in [0.1, 0.15) is 25.7 Å². The van der Waals surface area contributed by atoms with Gasteiger partial charge in [-0.05, 0) is 25.7 Å². The van der Waals surface area contributed by atoms with Gasteiger partial charge in [-0.15, -0.1) is 0 Å². The number of aliphatic carboxylic acids is 1. The highest BCUT2D eigenvalue weighted by Gasteiger charge is 2.53. The van der Waals surface area contributed by atoms with Crippen molar-refractivity contribution in [3.8, 4) is 0 Å². The Morgan fingerprint density at radius 2 is 1.17 bits per heavy atom. The fraction of sp³-hybridized carbons (Fsp3) is 0.692. The molecule has 2 rings (SSSR count). The van der Waals surface area contributed by atoms with Gasteiger partial charge in [-0.3, -0.25) is 0 Å². The molecule has 130 valence electrons. The van der Waals surface area contributed by atoms with Crippen molar-refractivity contribution in [1.82, 2.24) is 10.6 Å². The van der Waals surface area contributed by atoms with E-state index in [0.717, 1.165) is 0 Å². The molecular formula is C13H20N2O8. The number of esters is 1. The van der Waals surface area contributed by atoms with E-state index in [1.165, 1.54) is 21.3 Å². The average molecular weight is 332 g/mol. The molecule has 10 nitrogen and oxygen atoms in total. The number of carboxylic acid groups (broad SMARTS) is 1. The molecule has 10 heteroatoms. The molecule has 3 N–H and O–H groups in total. The zero-order chi connectivity index (χ0) is 17.7. The summed E-state index contributed by atoms with van der Waals surface area (Å²) < 4.78 is 13.1. The topological polar surface area (TPSA) is 140 Å². The zero-order valence-electron chi connectivity index (χ0n) is 13.1. The summed E-state index contributed by atoms with van der Waals surface area (Å²) in [5, 5.41) is 13.3. The maximum absolute atomic E-state index is 11.1. The van der Waals surface area contributed by atoms with E-state index in [-0.39, 0.29) is 0 Å². The molecule has 0 aromatic rings. The van der Waals surface area contributed by atoms with E-state index in [1.807, 2.05) is 0 Å². The third-order valence-corrected chi connectivity index (χ3v) is 3.54. The molecule has 2 aliphatic rings. The first-order valence-electron chi connectivity index (χ1n) is 6.79. The molecule has 0 saturated heterocycles. The van der Waals surface area contributed by atoms with Gasteiger partial charge in [0.1, 0.15) is 11.1 Å². The van der Waals surface area contributed by atoms with Gasteiger partial charge in [0.2, 0.25) is 0 Å². The first-order valence-corrected chi connectivity index (χ1v) is 6.79. The maximum atomic E-state index is 11.1. The van der Waals surface area contributed by atoms with Crippen molar-refractivity contribution in [3.05, 3.63) is 0 Å². The minimum atomic E-state index is -1.03. The standard InChI is InChI=1S/C7H11NO4.C6H9NO4/c1-11-5(9)7(3-4-7)8-6(10)12-2;1-11-5(10)7-6(2-3-6)4(8)9/h3-4H2,1-2H3,(H,8,10);2-3H2,1H3,(H,7,10)(H,8,9). The summed E-state index contributed by atoms with van der Waals surface area (Å²) in [6, 6.07) is 0. The molecule has 2 amide bonds. The summed E-state index contributed by atoms with van der Waals surface area (Å²) in [5.41, 5.74) is -1.84. The van der Waals surface area contributed by atoms with Crippen LogP contribution in [0.3, 0.4) is 0 Å². The number of methoxy groups -OCH3 is 3. The Morgan fingerprint density at radius 3 is 1.43 bits per heavy atom. The van der Waals surface area contributed by atoms with Gasteiger partial charge >= 0.3 is 24.1 Å². The number of rotatable bonds is 4. The van der Waals surface area contributed by atoms with E-state index in [1.54, 1.807) is 0 Å². The largest absolute Gasteiger partial charge is 0.480 e. The summed E-state index contributed by atoms with van der Waals surface area (Å²) in [5.74, 6) is -1.41. The predicted molar refractivity (Wildman–Crippen MR) is 74.7 cm³/mol. The molecule has 0 aliphatic heterocycles. The Morgan fingerprint density at radius 1 is 0.783 bits per heavy atom. The van der Waals surface area contributed by atoms with Gasteiger partial charge in [0.25, 0.3) is 0 Å². The molecular weight excluding hydrogens is 312 g/mol. The number of amides is 2. The Hall–Kier alpha value is -2.52. The van der Waals surface area contributed by atoms with Crippen LogP contribution in [-0.4, -0.2) is 61.6 Å². The van der Waals surface area contributed by atoms with Crippen molar-refractivity contribution >= 4 is 24.1 Å². The number of hydrogen-bond acceptors (Lipinski definition) is 7. The lowest BCUT2D eigenvalue weighted by molar-refractivity contribution is -0.144. The van der Waals surface area contributed by atoms with Gasteiger partial charge in [0.05, 0.1) is 21.3 Å². The lowest BCUT2D eigenvalue weighted by Crippen LogP contribution is -2.43. The molecule has 23 heavy (non-hydrogen) atoms. The maximum Gasteiger partial charge on any atom is 0.407 e. The van der Waals surface area contributed by atoms with Crippen LogP contribution in [0, 0.1) is 0 Å². The highest BCUT2D eigenvalue weighted by Crippen LogP contribution is 2.36. The normalized spacial score (nSPS) is 18.2. The molecule has 0 bridgehead atoms. The lowest BCUT2D eigenvalue weighted by atomic mass is 10.3. The zero-order valence-corrected chi connectivity index (χ0v) is 13.1. The Labute approximate surface area is 132 Å². The van der Waals surface area contributed by atoms with Crippen molar-refractivity contribution in [3.63, 3.8) is 0 Å². The van der Waals surface area contributed by atoms with E-state index >= 15 is 0 Å². The number of carbonyl (C=O) groups excluding carboxylic acids is 3. The summed E-state index contributed by atoms with van der Waals surface area (Å²) >= 11 is 0. The Balaban J connectivity index is 0.000000231.